The minimum Gasteiger partial charge on any atom is -0.454 e. The molecule has 4 heterocycles. The predicted molar refractivity (Wildman–Crippen MR) is 299 cm³/mol. The SMILES string of the molecule is CCCCc1ccc(N2c3cc(-c4ccccc4)cc4c3B(c3ccc5c(oc6cc7c(cc65)C(C)(C)CCC7(C)C)c32)N2c3c-4cc(CCCC)cc3C3(C)CCCCC23C)c(-c2ccccc2)c1. The van der Waals surface area contributed by atoms with Gasteiger partial charge in [0.2, 0.25) is 0 Å². The van der Waals surface area contributed by atoms with E-state index in [1.54, 1.807) is 5.56 Å². The lowest BCUT2D eigenvalue weighted by molar-refractivity contribution is 0.199. The van der Waals surface area contributed by atoms with E-state index in [-0.39, 0.29) is 28.6 Å². The van der Waals surface area contributed by atoms with Gasteiger partial charge in [-0.2, -0.15) is 0 Å². The molecule has 3 nitrogen and oxygen atoms in total. The molecule has 70 heavy (non-hydrogen) atoms. The molecule has 3 aliphatic heterocycles. The van der Waals surface area contributed by atoms with Gasteiger partial charge in [0.05, 0.1) is 11.4 Å². The van der Waals surface area contributed by atoms with Crippen molar-refractivity contribution in [2.75, 3.05) is 9.71 Å². The lowest BCUT2D eigenvalue weighted by atomic mass is 9.42. The van der Waals surface area contributed by atoms with E-state index in [1.807, 2.05) is 0 Å². The number of fused-ring (bicyclic) bond motifs is 12. The van der Waals surface area contributed by atoms with Crippen molar-refractivity contribution in [3.8, 4) is 33.4 Å². The Hall–Kier alpha value is -6.00. The zero-order chi connectivity index (χ0) is 47.9. The van der Waals surface area contributed by atoms with E-state index in [0.717, 1.165) is 24.0 Å². The van der Waals surface area contributed by atoms with Crippen molar-refractivity contribution >= 4 is 62.5 Å². The number of aryl methyl sites for hydroxylation is 2. The molecule has 0 spiro atoms. The molecule has 2 atom stereocenters. The molecule has 0 amide bonds. The van der Waals surface area contributed by atoms with Gasteiger partial charge in [-0.25, -0.2) is 0 Å². The summed E-state index contributed by atoms with van der Waals surface area (Å²) in [6.07, 6.45) is 14.1. The summed E-state index contributed by atoms with van der Waals surface area (Å²) >= 11 is 0. The van der Waals surface area contributed by atoms with Crippen LogP contribution < -0.4 is 20.6 Å². The van der Waals surface area contributed by atoms with Crippen molar-refractivity contribution in [3.05, 3.63) is 155 Å². The topological polar surface area (TPSA) is 19.6 Å². The summed E-state index contributed by atoms with van der Waals surface area (Å²) < 4.78 is 7.62. The summed E-state index contributed by atoms with van der Waals surface area (Å²) in [5, 5.41) is 2.44. The van der Waals surface area contributed by atoms with Gasteiger partial charge in [-0.05, 0) is 173 Å². The quantitative estimate of drug-likeness (QED) is 0.135. The molecule has 0 saturated heterocycles. The molecule has 2 aliphatic carbocycles. The first kappa shape index (κ1) is 44.0. The molecule has 8 aromatic rings. The molecular formula is C66H69BN2O. The Balaban J connectivity index is 1.19. The fraction of sp³-hybridized carbons (Fsp3) is 0.364. The van der Waals surface area contributed by atoms with Gasteiger partial charge < -0.3 is 14.1 Å². The van der Waals surface area contributed by atoms with Gasteiger partial charge in [0.1, 0.15) is 5.58 Å². The Bertz CT molecular complexity index is 3420. The Morgan fingerprint density at radius 1 is 0.529 bits per heavy atom. The van der Waals surface area contributed by atoms with Crippen LogP contribution in [0.5, 0.6) is 0 Å². The zero-order valence-electron chi connectivity index (χ0n) is 43.0. The van der Waals surface area contributed by atoms with E-state index >= 15 is 0 Å². The van der Waals surface area contributed by atoms with Crippen LogP contribution >= 0.6 is 0 Å². The average molecular weight is 917 g/mol. The average Bonchev–Trinajstić information content (AvgIpc) is 3.85. The first-order chi connectivity index (χ1) is 33.8. The molecule has 1 saturated carbocycles. The number of nitrogens with zero attached hydrogens (tertiary/aromatic N) is 2. The lowest BCUT2D eigenvalue weighted by Crippen LogP contribution is -2.70. The van der Waals surface area contributed by atoms with Crippen molar-refractivity contribution in [2.45, 2.75) is 154 Å². The molecule has 5 aliphatic rings. The van der Waals surface area contributed by atoms with E-state index in [2.05, 4.69) is 192 Å². The van der Waals surface area contributed by atoms with Crippen molar-refractivity contribution < 1.29 is 4.42 Å². The summed E-state index contributed by atoms with van der Waals surface area (Å²) in [5.74, 6) is 0. The Morgan fingerprint density at radius 2 is 1.20 bits per heavy atom. The number of unbranched alkanes of at least 4 members (excludes halogenated alkanes) is 2. The number of hydrogen-bond acceptors (Lipinski definition) is 3. The van der Waals surface area contributed by atoms with Gasteiger partial charge in [0.15, 0.2) is 5.58 Å². The summed E-state index contributed by atoms with van der Waals surface area (Å²) in [6, 6.07) is 50.1. The summed E-state index contributed by atoms with van der Waals surface area (Å²) in [5.41, 5.74) is 25.1. The van der Waals surface area contributed by atoms with Crippen molar-refractivity contribution in [1.82, 2.24) is 0 Å². The second-order valence-corrected chi connectivity index (χ2v) is 23.9. The first-order valence-corrected chi connectivity index (χ1v) is 27.1. The van der Waals surface area contributed by atoms with Crippen LogP contribution in [0.3, 0.4) is 0 Å². The monoisotopic (exact) mass is 917 g/mol. The van der Waals surface area contributed by atoms with Crippen LogP contribution in [0.1, 0.15) is 147 Å². The van der Waals surface area contributed by atoms with Gasteiger partial charge in [-0.3, -0.25) is 0 Å². The first-order valence-electron chi connectivity index (χ1n) is 27.1. The molecule has 1 fully saturated rings. The van der Waals surface area contributed by atoms with Gasteiger partial charge in [0, 0.05) is 44.2 Å². The molecular weight excluding hydrogens is 848 g/mol. The van der Waals surface area contributed by atoms with Gasteiger partial charge in [0.25, 0.3) is 0 Å². The van der Waals surface area contributed by atoms with Gasteiger partial charge in [-0.1, -0.05) is 159 Å². The standard InChI is InChI=1S/C66H69BN2O/c1-9-11-21-42-27-30-56(48(35-42)45-25-17-14-18-26-45)68-57-39-46(44-23-15-13-16-24-44)38-50-51-36-43(22-12-10-2)37-54-60(51)69(66(8)32-20-19-31-65(54,66)7)67(59(50)57)55-29-28-47-49-40-52-53(41-58(49)70-62(47)61(55)68)64(5,6)34-33-63(52,3)4/h13-18,23-30,35-41H,9-12,19-22,31-34H2,1-8H3. The number of furan rings is 1. The molecule has 0 radical (unpaired) electrons. The summed E-state index contributed by atoms with van der Waals surface area (Å²) in [7, 11) is 0. The minimum atomic E-state index is -0.0853. The zero-order valence-corrected chi connectivity index (χ0v) is 43.0. The minimum absolute atomic E-state index is 0.00794. The van der Waals surface area contributed by atoms with Gasteiger partial charge in [-0.15, -0.1) is 0 Å². The van der Waals surface area contributed by atoms with E-state index in [0.29, 0.717) is 0 Å². The normalized spacial score (nSPS) is 21.1. The van der Waals surface area contributed by atoms with E-state index in [9.17, 15) is 0 Å². The molecule has 352 valence electrons. The highest BCUT2D eigenvalue weighted by Crippen LogP contribution is 2.64. The smallest absolute Gasteiger partial charge is 0.329 e. The fourth-order valence-electron chi connectivity index (χ4n) is 14.5. The van der Waals surface area contributed by atoms with Crippen LogP contribution in [-0.2, 0) is 29.1 Å². The van der Waals surface area contributed by atoms with E-state index < -0.39 is 0 Å². The van der Waals surface area contributed by atoms with Gasteiger partial charge >= 0.3 is 6.85 Å². The molecule has 7 aromatic carbocycles. The fourth-order valence-corrected chi connectivity index (χ4v) is 14.5. The third-order valence-electron chi connectivity index (χ3n) is 18.8. The largest absolute Gasteiger partial charge is 0.454 e. The maximum atomic E-state index is 7.62. The molecule has 1 aromatic heterocycles. The van der Waals surface area contributed by atoms with E-state index in [1.165, 1.54) is 164 Å². The van der Waals surface area contributed by atoms with Crippen LogP contribution in [0.15, 0.2) is 132 Å². The predicted octanol–water partition coefficient (Wildman–Crippen LogP) is 16.9. The number of benzene rings is 7. The number of anilines is 4. The third-order valence-corrected chi connectivity index (χ3v) is 18.8. The maximum absolute atomic E-state index is 7.62. The van der Waals surface area contributed by atoms with Crippen LogP contribution in [0.25, 0.3) is 55.3 Å². The molecule has 13 rings (SSSR count). The van der Waals surface area contributed by atoms with E-state index in [4.69, 9.17) is 4.42 Å². The highest BCUT2D eigenvalue weighted by molar-refractivity contribution is 6.93. The second kappa shape index (κ2) is 15.8. The number of hydrogen-bond donors (Lipinski definition) is 0. The lowest BCUT2D eigenvalue weighted by Gasteiger charge is -2.55. The second-order valence-electron chi connectivity index (χ2n) is 23.9. The third kappa shape index (κ3) is 6.19. The molecule has 2 unspecified atom stereocenters. The Morgan fingerprint density at radius 3 is 1.93 bits per heavy atom. The van der Waals surface area contributed by atoms with Crippen LogP contribution in [-0.4, -0.2) is 12.4 Å². The van der Waals surface area contributed by atoms with Crippen LogP contribution in [0, 0.1) is 0 Å². The molecule has 0 N–H and O–H groups in total. The van der Waals surface area contributed by atoms with Crippen molar-refractivity contribution in [2.24, 2.45) is 0 Å². The number of rotatable bonds is 9. The summed E-state index contributed by atoms with van der Waals surface area (Å²) in [4.78, 5) is 5.68. The summed E-state index contributed by atoms with van der Waals surface area (Å²) in [6.45, 7) is 19.7. The van der Waals surface area contributed by atoms with Crippen molar-refractivity contribution in [1.29, 1.82) is 0 Å². The highest BCUT2D eigenvalue weighted by atomic mass is 16.3. The Labute approximate surface area is 417 Å². The van der Waals surface area contributed by atoms with Crippen molar-refractivity contribution in [3.63, 3.8) is 0 Å². The molecule has 4 heteroatoms. The maximum Gasteiger partial charge on any atom is 0.329 e. The van der Waals surface area contributed by atoms with Crippen LogP contribution in [0.4, 0.5) is 22.7 Å². The molecule has 0 bridgehead atoms. The Kier molecular flexibility index (Phi) is 9.90. The van der Waals surface area contributed by atoms with Crippen LogP contribution in [0.2, 0.25) is 0 Å². The highest BCUT2D eigenvalue weighted by Gasteiger charge is 2.63.